The van der Waals surface area contributed by atoms with Gasteiger partial charge in [0.1, 0.15) is 11.4 Å². The number of nitrogens with zero attached hydrogens (tertiary/aromatic N) is 3. The van der Waals surface area contributed by atoms with Crippen LogP contribution in [0, 0.1) is 12.8 Å². The summed E-state index contributed by atoms with van der Waals surface area (Å²) in [5, 5.41) is 12.3. The third-order valence-electron chi connectivity index (χ3n) is 4.07. The molecule has 1 aliphatic rings. The average molecular weight is 326 g/mol. The molecule has 0 radical (unpaired) electrons. The van der Waals surface area contributed by atoms with Crippen molar-refractivity contribution in [1.29, 1.82) is 0 Å². The molecular weight excluding hydrogens is 304 g/mol. The van der Waals surface area contributed by atoms with E-state index in [4.69, 9.17) is 0 Å². The summed E-state index contributed by atoms with van der Waals surface area (Å²) in [7, 11) is 1.74. The molecule has 0 atom stereocenters. The van der Waals surface area contributed by atoms with Crippen molar-refractivity contribution in [3.8, 4) is 5.75 Å². The number of aromatic hydroxyl groups is 1. The van der Waals surface area contributed by atoms with Crippen molar-refractivity contribution in [2.45, 2.75) is 26.3 Å². The largest absolute Gasteiger partial charge is 0.508 e. The van der Waals surface area contributed by atoms with Crippen LogP contribution in [0.15, 0.2) is 30.3 Å². The maximum Gasteiger partial charge on any atom is 0.272 e. The SMILES string of the molecule is CNc1nc(C)cc(C(=O)N(Cc2ccc(O)cc2)CC2CC2)n1. The number of hydrogen-bond donors (Lipinski definition) is 2. The van der Waals surface area contributed by atoms with Gasteiger partial charge in [0.25, 0.3) is 5.91 Å². The smallest absolute Gasteiger partial charge is 0.272 e. The number of phenolic OH excluding ortho intramolecular Hbond substituents is 1. The highest BCUT2D eigenvalue weighted by atomic mass is 16.3. The third-order valence-corrected chi connectivity index (χ3v) is 4.07. The number of carbonyl (C=O) groups excluding carboxylic acids is 1. The highest BCUT2D eigenvalue weighted by molar-refractivity contribution is 5.92. The molecule has 0 spiro atoms. The molecule has 1 fully saturated rings. The fraction of sp³-hybridized carbons (Fsp3) is 0.389. The summed E-state index contributed by atoms with van der Waals surface area (Å²) in [4.78, 5) is 23.3. The normalized spacial score (nSPS) is 13.6. The van der Waals surface area contributed by atoms with Crippen LogP contribution in [0.5, 0.6) is 5.75 Å². The standard InChI is InChI=1S/C18H22N4O2/c1-12-9-16(21-18(19-2)20-12)17(24)22(10-13-3-4-13)11-14-5-7-15(23)8-6-14/h5-9,13,23H,3-4,10-11H2,1-2H3,(H,19,20,21). The highest BCUT2D eigenvalue weighted by Crippen LogP contribution is 2.30. The molecule has 0 bridgehead atoms. The summed E-state index contributed by atoms with van der Waals surface area (Å²) in [6.45, 7) is 3.09. The summed E-state index contributed by atoms with van der Waals surface area (Å²) in [6, 6.07) is 8.69. The van der Waals surface area contributed by atoms with Gasteiger partial charge in [-0.2, -0.15) is 0 Å². The van der Waals surface area contributed by atoms with Crippen LogP contribution in [0.25, 0.3) is 0 Å². The predicted molar refractivity (Wildman–Crippen MR) is 91.9 cm³/mol. The first-order valence-corrected chi connectivity index (χ1v) is 8.16. The summed E-state index contributed by atoms with van der Waals surface area (Å²) in [6.07, 6.45) is 2.34. The molecular formula is C18H22N4O2. The van der Waals surface area contributed by atoms with Gasteiger partial charge >= 0.3 is 0 Å². The second-order valence-corrected chi connectivity index (χ2v) is 6.26. The van der Waals surface area contributed by atoms with Gasteiger partial charge in [0.15, 0.2) is 0 Å². The number of aromatic nitrogens is 2. The van der Waals surface area contributed by atoms with Crippen molar-refractivity contribution >= 4 is 11.9 Å². The first kappa shape index (κ1) is 16.2. The van der Waals surface area contributed by atoms with E-state index in [2.05, 4.69) is 15.3 Å². The van der Waals surface area contributed by atoms with Crippen molar-refractivity contribution in [3.63, 3.8) is 0 Å². The number of carbonyl (C=O) groups is 1. The summed E-state index contributed by atoms with van der Waals surface area (Å²) < 4.78 is 0. The molecule has 2 N–H and O–H groups in total. The number of hydrogen-bond acceptors (Lipinski definition) is 5. The number of phenols is 1. The molecule has 2 aromatic rings. The van der Waals surface area contributed by atoms with Gasteiger partial charge in [0.05, 0.1) is 0 Å². The molecule has 1 saturated carbocycles. The zero-order chi connectivity index (χ0) is 17.1. The summed E-state index contributed by atoms with van der Waals surface area (Å²) >= 11 is 0. The second kappa shape index (κ2) is 6.86. The number of anilines is 1. The van der Waals surface area contributed by atoms with Gasteiger partial charge in [-0.05, 0) is 49.4 Å². The minimum Gasteiger partial charge on any atom is -0.508 e. The minimum absolute atomic E-state index is 0.0861. The van der Waals surface area contributed by atoms with Gasteiger partial charge in [-0.25, -0.2) is 9.97 Å². The van der Waals surface area contributed by atoms with Gasteiger partial charge in [-0.3, -0.25) is 4.79 Å². The van der Waals surface area contributed by atoms with E-state index in [0.29, 0.717) is 24.1 Å². The van der Waals surface area contributed by atoms with E-state index in [1.54, 1.807) is 25.2 Å². The monoisotopic (exact) mass is 326 g/mol. The molecule has 1 aliphatic carbocycles. The van der Waals surface area contributed by atoms with Gasteiger partial charge in [0, 0.05) is 25.8 Å². The number of benzene rings is 1. The topological polar surface area (TPSA) is 78.4 Å². The van der Waals surface area contributed by atoms with Crippen molar-refractivity contribution in [1.82, 2.24) is 14.9 Å². The predicted octanol–water partition coefficient (Wildman–Crippen LogP) is 2.58. The molecule has 1 heterocycles. The molecule has 24 heavy (non-hydrogen) atoms. The summed E-state index contributed by atoms with van der Waals surface area (Å²) in [5.41, 5.74) is 2.15. The zero-order valence-electron chi connectivity index (χ0n) is 14.0. The van der Waals surface area contributed by atoms with Crippen LogP contribution in [0.3, 0.4) is 0 Å². The van der Waals surface area contributed by atoms with E-state index in [0.717, 1.165) is 17.8 Å². The number of aryl methyl sites for hydroxylation is 1. The van der Waals surface area contributed by atoms with Gasteiger partial charge in [-0.15, -0.1) is 0 Å². The first-order valence-electron chi connectivity index (χ1n) is 8.16. The van der Waals surface area contributed by atoms with E-state index in [1.807, 2.05) is 24.0 Å². The van der Waals surface area contributed by atoms with Crippen molar-refractivity contribution in [2.24, 2.45) is 5.92 Å². The van der Waals surface area contributed by atoms with Crippen LogP contribution < -0.4 is 5.32 Å². The van der Waals surface area contributed by atoms with E-state index < -0.39 is 0 Å². The fourth-order valence-corrected chi connectivity index (χ4v) is 2.61. The number of nitrogens with one attached hydrogen (secondary N) is 1. The van der Waals surface area contributed by atoms with E-state index in [1.165, 1.54) is 12.8 Å². The van der Waals surface area contributed by atoms with Crippen LogP contribution in [0.1, 0.15) is 34.6 Å². The van der Waals surface area contributed by atoms with Gasteiger partial charge in [0.2, 0.25) is 5.95 Å². The lowest BCUT2D eigenvalue weighted by Gasteiger charge is -2.23. The van der Waals surface area contributed by atoms with Crippen molar-refractivity contribution in [2.75, 3.05) is 18.9 Å². The van der Waals surface area contributed by atoms with Gasteiger partial charge in [-0.1, -0.05) is 12.1 Å². The zero-order valence-corrected chi connectivity index (χ0v) is 14.0. The second-order valence-electron chi connectivity index (χ2n) is 6.26. The maximum atomic E-state index is 13.0. The quantitative estimate of drug-likeness (QED) is 0.853. The van der Waals surface area contributed by atoms with E-state index in [-0.39, 0.29) is 11.7 Å². The molecule has 1 amide bonds. The average Bonchev–Trinajstić information content (AvgIpc) is 3.39. The van der Waals surface area contributed by atoms with E-state index in [9.17, 15) is 9.90 Å². The van der Waals surface area contributed by atoms with Crippen LogP contribution in [-0.2, 0) is 6.54 Å². The Hall–Kier alpha value is -2.63. The highest BCUT2D eigenvalue weighted by Gasteiger charge is 2.28. The molecule has 6 heteroatoms. The molecule has 0 aliphatic heterocycles. The molecule has 1 aromatic heterocycles. The Kier molecular flexibility index (Phi) is 4.64. The molecule has 3 rings (SSSR count). The Balaban J connectivity index is 1.83. The van der Waals surface area contributed by atoms with Crippen LogP contribution in [0.4, 0.5) is 5.95 Å². The maximum absolute atomic E-state index is 13.0. The van der Waals surface area contributed by atoms with Crippen molar-refractivity contribution < 1.29 is 9.90 Å². The molecule has 126 valence electrons. The Labute approximate surface area is 141 Å². The summed E-state index contributed by atoms with van der Waals surface area (Å²) in [5.74, 6) is 1.17. The molecule has 1 aromatic carbocycles. The van der Waals surface area contributed by atoms with Crippen molar-refractivity contribution in [3.05, 3.63) is 47.3 Å². The lowest BCUT2D eigenvalue weighted by molar-refractivity contribution is 0.0728. The lowest BCUT2D eigenvalue weighted by atomic mass is 10.2. The minimum atomic E-state index is -0.0861. The first-order chi connectivity index (χ1) is 11.5. The van der Waals surface area contributed by atoms with Crippen LogP contribution in [-0.4, -0.2) is 39.5 Å². The van der Waals surface area contributed by atoms with Crippen LogP contribution in [0.2, 0.25) is 0 Å². The molecule has 0 saturated heterocycles. The Morgan fingerprint density at radius 3 is 2.62 bits per heavy atom. The number of amides is 1. The van der Waals surface area contributed by atoms with Crippen LogP contribution >= 0.6 is 0 Å². The third kappa shape index (κ3) is 4.01. The van der Waals surface area contributed by atoms with E-state index >= 15 is 0 Å². The van der Waals surface area contributed by atoms with Gasteiger partial charge < -0.3 is 15.3 Å². The molecule has 0 unspecified atom stereocenters. The Morgan fingerprint density at radius 2 is 2.00 bits per heavy atom. The number of rotatable bonds is 6. The Bertz CT molecular complexity index is 726. The fourth-order valence-electron chi connectivity index (χ4n) is 2.61. The lowest BCUT2D eigenvalue weighted by Crippen LogP contribution is -2.33. The Morgan fingerprint density at radius 1 is 1.29 bits per heavy atom. The molecule has 6 nitrogen and oxygen atoms in total.